The van der Waals surface area contributed by atoms with E-state index in [-0.39, 0.29) is 37.1 Å². The van der Waals surface area contributed by atoms with E-state index in [0.29, 0.717) is 12.1 Å². The minimum atomic E-state index is -8.68. The van der Waals surface area contributed by atoms with Gasteiger partial charge in [0.15, 0.2) is 0 Å². The van der Waals surface area contributed by atoms with Gasteiger partial charge in [-0.05, 0) is 20.8 Å². The lowest BCUT2D eigenvalue weighted by atomic mass is 9.87. The van der Waals surface area contributed by atoms with Crippen molar-refractivity contribution < 1.29 is 87.9 Å². The molecule has 0 heterocycles. The van der Waals surface area contributed by atoms with E-state index in [9.17, 15) is 74.6 Å². The summed E-state index contributed by atoms with van der Waals surface area (Å²) >= 11 is 0. The molecule has 0 aliphatic heterocycles. The lowest BCUT2D eigenvalue weighted by Gasteiger charge is -2.42. The Morgan fingerprint density at radius 3 is 1.05 bits per heavy atom. The molecule has 1 aromatic carbocycles. The quantitative estimate of drug-likeness (QED) is 0.154. The maximum Gasteiger partial charge on any atom is 0.537 e. The van der Waals surface area contributed by atoms with Crippen LogP contribution in [0, 0.1) is 0 Å². The zero-order valence-corrected chi connectivity index (χ0v) is 21.6. The average molecular weight is 658 g/mol. The fourth-order valence-electron chi connectivity index (χ4n) is 3.17. The Morgan fingerprint density at radius 2 is 0.756 bits per heavy atom. The fraction of sp³-hybridized carbons (Fsp3) is 0.700. The van der Waals surface area contributed by atoms with Gasteiger partial charge in [0.1, 0.15) is 0 Å². The molecule has 1 rings (SSSR count). The summed E-state index contributed by atoms with van der Waals surface area (Å²) in [6, 6.07) is 0.659. The summed E-state index contributed by atoms with van der Waals surface area (Å²) < 4.78 is 246. The van der Waals surface area contributed by atoms with Crippen LogP contribution in [0.25, 0.3) is 0 Å². The molecule has 3 nitrogen and oxygen atoms in total. The predicted molar refractivity (Wildman–Crippen MR) is 106 cm³/mol. The van der Waals surface area contributed by atoms with Gasteiger partial charge < -0.3 is 13.3 Å². The standard InChI is InChI=1S/C20H19F17O3Si/c1-4-38-41(39-5-2,40-6-3)12-9-7-11(8-10-12)13(21,22)14(23,24)15(25,26)16(27,28)17(29,30)18(31,32)19(33,34)20(35,36)37/h7-10H,4-6H2,1-3H3. The number of hydrogen-bond donors (Lipinski definition) is 0. The fourth-order valence-corrected chi connectivity index (χ4v) is 5.64. The van der Waals surface area contributed by atoms with Crippen molar-refractivity contribution in [2.24, 2.45) is 0 Å². The summed E-state index contributed by atoms with van der Waals surface area (Å²) in [4.78, 5) is 0. The number of alkyl halides is 17. The molecular weight excluding hydrogens is 639 g/mol. The van der Waals surface area contributed by atoms with Crippen LogP contribution in [0.15, 0.2) is 24.3 Å². The Balaban J connectivity index is 3.70. The highest BCUT2D eigenvalue weighted by atomic mass is 28.4. The minimum absolute atomic E-state index is 0.124. The van der Waals surface area contributed by atoms with E-state index in [2.05, 4.69) is 0 Å². The highest BCUT2D eigenvalue weighted by molar-refractivity contribution is 6.75. The minimum Gasteiger partial charge on any atom is -0.370 e. The molecule has 0 aliphatic rings. The van der Waals surface area contributed by atoms with Crippen molar-refractivity contribution in [3.05, 3.63) is 29.8 Å². The van der Waals surface area contributed by atoms with Gasteiger partial charge in [-0.2, -0.15) is 74.6 Å². The van der Waals surface area contributed by atoms with E-state index in [0.717, 1.165) is 0 Å². The lowest BCUT2D eigenvalue weighted by Crippen LogP contribution is -2.74. The van der Waals surface area contributed by atoms with E-state index in [1.807, 2.05) is 0 Å². The molecule has 0 aliphatic carbocycles. The molecule has 1 aromatic rings. The smallest absolute Gasteiger partial charge is 0.370 e. The van der Waals surface area contributed by atoms with Gasteiger partial charge in [0.25, 0.3) is 0 Å². The van der Waals surface area contributed by atoms with Gasteiger partial charge in [0.2, 0.25) is 0 Å². The first kappa shape index (κ1) is 37.2. The van der Waals surface area contributed by atoms with E-state index in [1.54, 1.807) is 0 Å². The van der Waals surface area contributed by atoms with E-state index in [1.165, 1.54) is 20.8 Å². The second-order valence-corrected chi connectivity index (χ2v) is 10.5. The van der Waals surface area contributed by atoms with Crippen LogP contribution in [0.1, 0.15) is 26.3 Å². The molecule has 0 unspecified atom stereocenters. The Bertz CT molecular complexity index is 1010. The third-order valence-corrected chi connectivity index (χ3v) is 8.37. The maximum atomic E-state index is 14.5. The SMILES string of the molecule is CCO[Si](OCC)(OCC)c1ccc(C(F)(F)C(F)(F)C(F)(F)C(F)(F)C(F)(F)C(F)(F)C(F)(F)C(F)(F)F)cc1. The second-order valence-electron chi connectivity index (χ2n) is 7.95. The monoisotopic (exact) mass is 658 g/mol. The Hall–Kier alpha value is -1.87. The molecule has 41 heavy (non-hydrogen) atoms. The highest BCUT2D eigenvalue weighted by Gasteiger charge is 2.95. The molecular formula is C20H19F17O3Si. The van der Waals surface area contributed by atoms with Crippen molar-refractivity contribution in [3.8, 4) is 0 Å². The van der Waals surface area contributed by atoms with Gasteiger partial charge in [-0.1, -0.05) is 24.3 Å². The van der Waals surface area contributed by atoms with Gasteiger partial charge >= 0.3 is 56.4 Å². The van der Waals surface area contributed by atoms with Crippen LogP contribution in [0.5, 0.6) is 0 Å². The zero-order chi connectivity index (χ0) is 32.7. The van der Waals surface area contributed by atoms with Gasteiger partial charge in [-0.15, -0.1) is 0 Å². The van der Waals surface area contributed by atoms with Crippen LogP contribution in [0.2, 0.25) is 0 Å². The topological polar surface area (TPSA) is 27.7 Å². The van der Waals surface area contributed by atoms with Gasteiger partial charge in [-0.3, -0.25) is 0 Å². The third-order valence-electron chi connectivity index (χ3n) is 5.33. The zero-order valence-electron chi connectivity index (χ0n) is 20.6. The van der Waals surface area contributed by atoms with Crippen LogP contribution in [0.3, 0.4) is 0 Å². The number of halogens is 17. The summed E-state index contributed by atoms with van der Waals surface area (Å²) in [6.07, 6.45) is -7.80. The Kier molecular flexibility index (Phi) is 10.3. The second kappa shape index (κ2) is 11.3. The van der Waals surface area contributed by atoms with Crippen molar-refractivity contribution in [2.75, 3.05) is 19.8 Å². The summed E-state index contributed by atoms with van der Waals surface area (Å²) in [5.74, 6) is -56.9. The van der Waals surface area contributed by atoms with Crippen LogP contribution in [-0.2, 0) is 19.2 Å². The molecule has 0 atom stereocenters. The van der Waals surface area contributed by atoms with E-state index >= 15 is 0 Å². The first-order chi connectivity index (χ1) is 18.1. The predicted octanol–water partition coefficient (Wildman–Crippen LogP) is 7.41. The molecule has 240 valence electrons. The molecule has 0 fully saturated rings. The Morgan fingerprint density at radius 1 is 0.463 bits per heavy atom. The molecule has 0 saturated heterocycles. The summed E-state index contributed by atoms with van der Waals surface area (Å²) in [5.41, 5.74) is -2.33. The number of rotatable bonds is 14. The van der Waals surface area contributed by atoms with Crippen molar-refractivity contribution in [1.29, 1.82) is 0 Å². The average Bonchev–Trinajstić information content (AvgIpc) is 2.83. The summed E-state index contributed by atoms with van der Waals surface area (Å²) in [6.45, 7) is 3.81. The molecule has 0 radical (unpaired) electrons. The molecule has 0 saturated carbocycles. The van der Waals surface area contributed by atoms with Crippen molar-refractivity contribution in [1.82, 2.24) is 0 Å². The molecule has 0 spiro atoms. The van der Waals surface area contributed by atoms with Gasteiger partial charge in [-0.25, -0.2) is 0 Å². The van der Waals surface area contributed by atoms with E-state index in [4.69, 9.17) is 13.3 Å². The normalized spacial score (nSPS) is 15.4. The number of hydrogen-bond acceptors (Lipinski definition) is 3. The van der Waals surface area contributed by atoms with Gasteiger partial charge in [0, 0.05) is 30.6 Å². The molecule has 0 aromatic heterocycles. The largest absolute Gasteiger partial charge is 0.537 e. The van der Waals surface area contributed by atoms with Gasteiger partial charge in [0.05, 0.1) is 0 Å². The first-order valence-electron chi connectivity index (χ1n) is 10.9. The molecule has 0 amide bonds. The third kappa shape index (κ3) is 5.50. The summed E-state index contributed by atoms with van der Waals surface area (Å²) in [7, 11) is -3.99. The number of benzene rings is 1. The van der Waals surface area contributed by atoms with Crippen LogP contribution < -0.4 is 5.19 Å². The first-order valence-corrected chi connectivity index (χ1v) is 12.6. The van der Waals surface area contributed by atoms with Crippen LogP contribution in [-0.4, -0.2) is 70.3 Å². The Labute approximate surface area is 220 Å². The van der Waals surface area contributed by atoms with Crippen molar-refractivity contribution in [3.63, 3.8) is 0 Å². The van der Waals surface area contributed by atoms with Crippen molar-refractivity contribution in [2.45, 2.75) is 68.4 Å². The van der Waals surface area contributed by atoms with Crippen LogP contribution >= 0.6 is 0 Å². The highest BCUT2D eigenvalue weighted by Crippen LogP contribution is 2.65. The summed E-state index contributed by atoms with van der Waals surface area (Å²) in [5, 5.41) is -0.288. The maximum absolute atomic E-state index is 14.5. The van der Waals surface area contributed by atoms with Crippen molar-refractivity contribution >= 4 is 14.0 Å². The molecule has 0 bridgehead atoms. The molecule has 0 N–H and O–H groups in total. The lowest BCUT2D eigenvalue weighted by molar-refractivity contribution is -0.462. The molecule has 21 heteroatoms. The van der Waals surface area contributed by atoms with Crippen LogP contribution in [0.4, 0.5) is 74.6 Å². The van der Waals surface area contributed by atoms with E-state index < -0.39 is 62.0 Å².